The second-order valence-electron chi connectivity index (χ2n) is 5.84. The average Bonchev–Trinajstić information content (AvgIpc) is 2.35. The Balaban J connectivity index is 3.06. The normalized spacial score (nSPS) is 12.2. The Labute approximate surface area is 117 Å². The van der Waals surface area contributed by atoms with Crippen molar-refractivity contribution in [3.05, 3.63) is 42.2 Å². The summed E-state index contributed by atoms with van der Waals surface area (Å²) in [7, 11) is -2.95. The molecule has 0 aliphatic carbocycles. The number of halogens is 1. The fourth-order valence-corrected chi connectivity index (χ4v) is 6.01. The van der Waals surface area contributed by atoms with Gasteiger partial charge in [-0.2, -0.15) is 0 Å². The van der Waals surface area contributed by atoms with Crippen LogP contribution in [0.4, 0.5) is 4.11 Å². The van der Waals surface area contributed by atoms with E-state index in [1.165, 1.54) is 0 Å². The van der Waals surface area contributed by atoms with Crippen molar-refractivity contribution in [1.29, 1.82) is 0 Å². The molecule has 0 aliphatic rings. The largest absolute Gasteiger partial charge is 0.513 e. The molecule has 0 saturated carbocycles. The molecule has 0 radical (unpaired) electrons. The van der Waals surface area contributed by atoms with Gasteiger partial charge in [-0.3, -0.25) is 0 Å². The Morgan fingerprint density at radius 1 is 1.26 bits per heavy atom. The molecule has 0 atom stereocenters. The molecule has 0 saturated heterocycles. The van der Waals surface area contributed by atoms with E-state index in [9.17, 15) is 0 Å². The van der Waals surface area contributed by atoms with Crippen molar-refractivity contribution < 1.29 is 9.21 Å². The van der Waals surface area contributed by atoms with Gasteiger partial charge in [0.2, 0.25) is 0 Å². The highest BCUT2D eigenvalue weighted by molar-refractivity contribution is 6.88. The lowest BCUT2D eigenvalue weighted by atomic mass is 10.1. The summed E-state index contributed by atoms with van der Waals surface area (Å²) in [5.41, 5.74) is 1.20. The van der Waals surface area contributed by atoms with Crippen LogP contribution in [0.15, 0.2) is 36.6 Å². The van der Waals surface area contributed by atoms with Crippen molar-refractivity contribution in [1.82, 2.24) is 0 Å². The second kappa shape index (κ2) is 6.37. The minimum absolute atomic E-state index is 0.0653. The third kappa shape index (κ3) is 3.69. The predicted octanol–water partition coefficient (Wildman–Crippen LogP) is 4.63. The van der Waals surface area contributed by atoms with E-state index in [-0.39, 0.29) is 16.8 Å². The lowest BCUT2D eigenvalue weighted by Gasteiger charge is -2.31. The summed E-state index contributed by atoms with van der Waals surface area (Å²) in [6.45, 7) is 11.4. The molecule has 19 heavy (non-hydrogen) atoms. The van der Waals surface area contributed by atoms with Gasteiger partial charge in [0.05, 0.1) is 5.76 Å². The monoisotopic (exact) mass is 280 g/mol. The Morgan fingerprint density at radius 3 is 2.32 bits per heavy atom. The van der Waals surface area contributed by atoms with Crippen LogP contribution in [0.5, 0.6) is 0 Å². The Morgan fingerprint density at radius 2 is 1.84 bits per heavy atom. The van der Waals surface area contributed by atoms with Crippen LogP contribution in [0.25, 0.3) is 0 Å². The zero-order valence-electron chi connectivity index (χ0n) is 12.4. The van der Waals surface area contributed by atoms with Crippen molar-refractivity contribution in [2.24, 2.45) is 0 Å². The molecule has 3 heteroatoms. The summed E-state index contributed by atoms with van der Waals surface area (Å²) in [6, 6.07) is 7.82. The van der Waals surface area contributed by atoms with Crippen molar-refractivity contribution in [3.63, 3.8) is 0 Å². The molecule has 1 aromatic rings. The standard InChI is InChI=1S/C16H25FOSi/c1-12(2)19(17,13(3)4)16-8-6-7-15(11-16)10-9-14(5)18/h6-8,11-13,18H,5,9-10H2,1-4H3. The first-order chi connectivity index (χ1) is 8.78. The average molecular weight is 280 g/mol. The molecule has 0 bridgehead atoms. The topological polar surface area (TPSA) is 20.2 Å². The number of hydrogen-bond acceptors (Lipinski definition) is 1. The highest BCUT2D eigenvalue weighted by Crippen LogP contribution is 2.33. The first kappa shape index (κ1) is 16.0. The van der Waals surface area contributed by atoms with E-state index in [4.69, 9.17) is 5.11 Å². The number of aliphatic hydroxyl groups excluding tert-OH is 1. The minimum atomic E-state index is -2.95. The molecule has 0 amide bonds. The summed E-state index contributed by atoms with van der Waals surface area (Å²) in [5, 5.41) is 10.0. The maximum absolute atomic E-state index is 15.4. The van der Waals surface area contributed by atoms with Gasteiger partial charge in [-0.1, -0.05) is 58.5 Å². The Kier molecular flexibility index (Phi) is 5.35. The van der Waals surface area contributed by atoms with Gasteiger partial charge in [-0.25, -0.2) is 0 Å². The molecule has 0 heterocycles. The molecule has 1 aromatic carbocycles. The van der Waals surface area contributed by atoms with Gasteiger partial charge in [-0.15, -0.1) is 0 Å². The van der Waals surface area contributed by atoms with Gasteiger partial charge in [0, 0.05) is 6.42 Å². The highest BCUT2D eigenvalue weighted by Gasteiger charge is 2.43. The number of aryl methyl sites for hydroxylation is 1. The number of benzene rings is 1. The van der Waals surface area contributed by atoms with Crippen molar-refractivity contribution in [2.75, 3.05) is 0 Å². The van der Waals surface area contributed by atoms with E-state index in [0.717, 1.165) is 10.8 Å². The number of allylic oxidation sites excluding steroid dienone is 1. The maximum Gasteiger partial charge on any atom is 0.282 e. The molecule has 1 N–H and O–H groups in total. The van der Waals surface area contributed by atoms with Crippen LogP contribution in [0.3, 0.4) is 0 Å². The summed E-state index contributed by atoms with van der Waals surface area (Å²) in [6.07, 6.45) is 1.25. The van der Waals surface area contributed by atoms with E-state index in [1.807, 2.05) is 52.0 Å². The zero-order valence-corrected chi connectivity index (χ0v) is 13.4. The van der Waals surface area contributed by atoms with Crippen molar-refractivity contribution in [2.45, 2.75) is 51.6 Å². The maximum atomic E-state index is 15.4. The summed E-state index contributed by atoms with van der Waals surface area (Å²) >= 11 is 0. The van der Waals surface area contributed by atoms with Crippen LogP contribution >= 0.6 is 0 Å². The van der Waals surface area contributed by atoms with Crippen molar-refractivity contribution in [3.8, 4) is 0 Å². The fourth-order valence-electron chi connectivity index (χ4n) is 2.59. The van der Waals surface area contributed by atoms with E-state index in [2.05, 4.69) is 6.58 Å². The first-order valence-electron chi connectivity index (χ1n) is 6.93. The van der Waals surface area contributed by atoms with Crippen LogP contribution in [0.2, 0.25) is 11.1 Å². The molecular formula is C16H25FOSi. The number of hydrogen-bond donors (Lipinski definition) is 1. The van der Waals surface area contributed by atoms with Crippen LogP contribution in [-0.2, 0) is 6.42 Å². The molecule has 1 rings (SSSR count). The van der Waals surface area contributed by atoms with Gasteiger partial charge in [-0.05, 0) is 28.3 Å². The van der Waals surface area contributed by atoms with Gasteiger partial charge in [0.15, 0.2) is 0 Å². The van der Waals surface area contributed by atoms with Crippen LogP contribution < -0.4 is 5.19 Å². The smallest absolute Gasteiger partial charge is 0.282 e. The van der Waals surface area contributed by atoms with Crippen LogP contribution in [-0.4, -0.2) is 13.5 Å². The third-order valence-corrected chi connectivity index (χ3v) is 8.31. The zero-order chi connectivity index (χ0) is 14.6. The molecule has 0 spiro atoms. The molecule has 0 aromatic heterocycles. The van der Waals surface area contributed by atoms with Crippen LogP contribution in [0, 0.1) is 0 Å². The first-order valence-corrected chi connectivity index (χ1v) is 8.96. The van der Waals surface area contributed by atoms with E-state index in [0.29, 0.717) is 12.8 Å². The molecule has 0 fully saturated rings. The summed E-state index contributed by atoms with van der Waals surface area (Å²) in [5.74, 6) is 0.182. The third-order valence-electron chi connectivity index (χ3n) is 3.75. The minimum Gasteiger partial charge on any atom is -0.513 e. The van der Waals surface area contributed by atoms with Crippen molar-refractivity contribution >= 4 is 13.6 Å². The van der Waals surface area contributed by atoms with E-state index >= 15 is 4.11 Å². The quantitative estimate of drug-likeness (QED) is 0.457. The summed E-state index contributed by atoms with van der Waals surface area (Å²) in [4.78, 5) is 0. The van der Waals surface area contributed by atoms with Gasteiger partial charge < -0.3 is 9.21 Å². The fraction of sp³-hybridized carbons (Fsp3) is 0.500. The lowest BCUT2D eigenvalue weighted by molar-refractivity contribution is 0.391. The summed E-state index contributed by atoms with van der Waals surface area (Å²) < 4.78 is 15.4. The Hall–Kier alpha value is -1.09. The van der Waals surface area contributed by atoms with E-state index < -0.39 is 8.41 Å². The highest BCUT2D eigenvalue weighted by atomic mass is 28.4. The second-order valence-corrected chi connectivity index (χ2v) is 10.3. The molecular weight excluding hydrogens is 255 g/mol. The Bertz CT molecular complexity index is 432. The molecule has 0 unspecified atom stereocenters. The predicted molar refractivity (Wildman–Crippen MR) is 83.2 cm³/mol. The number of aliphatic hydroxyl groups is 1. The lowest BCUT2D eigenvalue weighted by Crippen LogP contribution is -2.49. The molecule has 0 aliphatic heterocycles. The van der Waals surface area contributed by atoms with Gasteiger partial charge >= 0.3 is 0 Å². The molecule has 1 nitrogen and oxygen atoms in total. The molecule has 106 valence electrons. The van der Waals surface area contributed by atoms with E-state index in [1.54, 1.807) is 0 Å². The SMILES string of the molecule is C=C(O)CCc1cccc([Si](F)(C(C)C)C(C)C)c1. The van der Waals surface area contributed by atoms with Gasteiger partial charge in [0.25, 0.3) is 8.41 Å². The van der Waals surface area contributed by atoms with Gasteiger partial charge in [0.1, 0.15) is 0 Å². The van der Waals surface area contributed by atoms with Crippen LogP contribution in [0.1, 0.15) is 39.7 Å². The number of rotatable bonds is 6.